The van der Waals surface area contributed by atoms with E-state index in [9.17, 15) is 18.0 Å². The Labute approximate surface area is 146 Å². The Bertz CT molecular complexity index is 597. The fourth-order valence-corrected chi connectivity index (χ4v) is 3.27. The van der Waals surface area contributed by atoms with Gasteiger partial charge in [-0.1, -0.05) is 30.3 Å². The molecule has 5 nitrogen and oxygen atoms in total. The third-order valence-electron chi connectivity index (χ3n) is 4.69. The van der Waals surface area contributed by atoms with Gasteiger partial charge in [-0.3, -0.25) is 5.32 Å². The van der Waals surface area contributed by atoms with Crippen LogP contribution in [-0.2, 0) is 16.1 Å². The summed E-state index contributed by atoms with van der Waals surface area (Å²) in [7, 11) is 0. The Kier molecular flexibility index (Phi) is 5.19. The summed E-state index contributed by atoms with van der Waals surface area (Å²) in [6.45, 7) is -0.179. The molecule has 25 heavy (non-hydrogen) atoms. The molecule has 0 bridgehead atoms. The smallest absolute Gasteiger partial charge is 0.407 e. The van der Waals surface area contributed by atoms with Crippen molar-refractivity contribution in [1.29, 1.82) is 0 Å². The third-order valence-corrected chi connectivity index (χ3v) is 4.69. The lowest BCUT2D eigenvalue weighted by molar-refractivity contribution is -0.152. The van der Waals surface area contributed by atoms with Gasteiger partial charge in [0.15, 0.2) is 0 Å². The van der Waals surface area contributed by atoms with Crippen LogP contribution >= 0.6 is 0 Å². The summed E-state index contributed by atoms with van der Waals surface area (Å²) >= 11 is 0. The Morgan fingerprint density at radius 1 is 1.32 bits per heavy atom. The van der Waals surface area contributed by atoms with Gasteiger partial charge in [0.1, 0.15) is 18.4 Å². The Hall–Kier alpha value is -1.80. The molecule has 1 aliphatic heterocycles. The monoisotopic (exact) mass is 362 g/mol. The fraction of sp³-hybridized carbons (Fsp3) is 0.588. The Balaban J connectivity index is 0.00000182. The summed E-state index contributed by atoms with van der Waals surface area (Å²) in [5.41, 5.74) is -0.0336. The lowest BCUT2D eigenvalue weighted by atomic mass is 9.88. The van der Waals surface area contributed by atoms with Crippen LogP contribution < -0.4 is 10.6 Å². The second-order valence-electron chi connectivity index (χ2n) is 6.52. The lowest BCUT2D eigenvalue weighted by Crippen LogP contribution is -2.53. The van der Waals surface area contributed by atoms with Crippen molar-refractivity contribution in [2.75, 3.05) is 6.61 Å². The lowest BCUT2D eigenvalue weighted by Gasteiger charge is -2.37. The number of halogens is 3. The highest BCUT2D eigenvalue weighted by Gasteiger charge is 2.51. The van der Waals surface area contributed by atoms with Gasteiger partial charge in [-0.05, 0) is 31.2 Å². The topological polar surface area (TPSA) is 59.6 Å². The number of benzene rings is 1. The predicted octanol–water partition coefficient (Wildman–Crippen LogP) is 3.59. The Morgan fingerprint density at radius 3 is 2.60 bits per heavy atom. The minimum absolute atomic E-state index is 0. The zero-order chi connectivity index (χ0) is 17.9. The first-order valence-electron chi connectivity index (χ1n) is 8.32. The zero-order valence-electron chi connectivity index (χ0n) is 13.6. The van der Waals surface area contributed by atoms with E-state index in [0.29, 0.717) is 25.7 Å². The quantitative estimate of drug-likeness (QED) is 0.863. The molecule has 1 saturated carbocycles. The minimum atomic E-state index is -4.31. The second kappa shape index (κ2) is 7.21. The van der Waals surface area contributed by atoms with E-state index in [1.54, 1.807) is 0 Å². The van der Waals surface area contributed by atoms with E-state index in [1.807, 2.05) is 30.3 Å². The molecule has 1 aromatic carbocycles. The molecule has 1 atom stereocenters. The van der Waals surface area contributed by atoms with E-state index >= 15 is 0 Å². The molecule has 2 N–H and O–H groups in total. The van der Waals surface area contributed by atoms with Crippen LogP contribution in [0.4, 0.5) is 18.0 Å². The standard InChI is InChI=1S/C17H21F3N2O3.2H2/c18-17(19,20)14-11-25-16(22-14)8-6-13(7-9-16)21-15(23)24-10-12-4-2-1-3-5-12;;/h1-5,13-14,22H,6-11H2,(H,21,23);2*1H/t13?,14-,16?;;/m0../s1. The molecule has 3 rings (SSSR count). The molecule has 2 aliphatic rings. The van der Waals surface area contributed by atoms with Crippen LogP contribution in [0.3, 0.4) is 0 Å². The van der Waals surface area contributed by atoms with Crippen molar-refractivity contribution < 1.29 is 30.3 Å². The largest absolute Gasteiger partial charge is 0.445 e. The summed E-state index contributed by atoms with van der Waals surface area (Å²) in [5, 5.41) is 5.35. The molecular weight excluding hydrogens is 337 g/mol. The summed E-state index contributed by atoms with van der Waals surface area (Å²) in [6.07, 6.45) is -2.90. The van der Waals surface area contributed by atoms with E-state index in [0.717, 1.165) is 5.56 Å². The molecule has 8 heteroatoms. The summed E-state index contributed by atoms with van der Waals surface area (Å²) in [4.78, 5) is 11.9. The van der Waals surface area contributed by atoms with Crippen LogP contribution in [0.2, 0.25) is 0 Å². The van der Waals surface area contributed by atoms with Crippen LogP contribution in [0, 0.1) is 0 Å². The van der Waals surface area contributed by atoms with E-state index < -0.39 is 24.0 Å². The number of alkyl halides is 3. The number of carbonyl (C=O) groups excluding carboxylic acids is 1. The predicted molar refractivity (Wildman–Crippen MR) is 87.9 cm³/mol. The van der Waals surface area contributed by atoms with Crippen LogP contribution in [0.25, 0.3) is 0 Å². The third kappa shape index (κ3) is 4.64. The van der Waals surface area contributed by atoms with Crippen molar-refractivity contribution in [3.8, 4) is 0 Å². The summed E-state index contributed by atoms with van der Waals surface area (Å²) in [5.74, 6) is 0. The second-order valence-corrected chi connectivity index (χ2v) is 6.52. The molecule has 1 amide bonds. The summed E-state index contributed by atoms with van der Waals surface area (Å²) in [6, 6.07) is 7.58. The molecule has 0 unspecified atom stereocenters. The van der Waals surface area contributed by atoms with Gasteiger partial charge < -0.3 is 14.8 Å². The van der Waals surface area contributed by atoms with Crippen LogP contribution in [-0.4, -0.2) is 36.7 Å². The van der Waals surface area contributed by atoms with Crippen molar-refractivity contribution in [2.24, 2.45) is 0 Å². The average Bonchev–Trinajstić information content (AvgIpc) is 3.01. The normalized spacial score (nSPS) is 29.6. The SMILES string of the molecule is O=C(NC1CCC2(CC1)N[C@H](C(F)(F)F)CO2)OCc1ccccc1.[HH].[HH]. The number of hydrogen-bond acceptors (Lipinski definition) is 4. The van der Waals surface area contributed by atoms with Gasteiger partial charge in [0.05, 0.1) is 6.61 Å². The van der Waals surface area contributed by atoms with Crippen LogP contribution in [0.5, 0.6) is 0 Å². The highest BCUT2D eigenvalue weighted by atomic mass is 19.4. The van der Waals surface area contributed by atoms with E-state index in [4.69, 9.17) is 9.47 Å². The van der Waals surface area contributed by atoms with Crippen molar-refractivity contribution in [1.82, 2.24) is 10.6 Å². The van der Waals surface area contributed by atoms with Gasteiger partial charge in [0.25, 0.3) is 0 Å². The molecule has 142 valence electrons. The number of alkyl carbamates (subject to hydrolysis) is 1. The van der Waals surface area contributed by atoms with E-state index in [1.165, 1.54) is 0 Å². The zero-order valence-corrected chi connectivity index (χ0v) is 13.6. The van der Waals surface area contributed by atoms with Gasteiger partial charge in [0, 0.05) is 8.90 Å². The van der Waals surface area contributed by atoms with Gasteiger partial charge in [-0.25, -0.2) is 4.79 Å². The number of nitrogens with one attached hydrogen (secondary N) is 2. The van der Waals surface area contributed by atoms with Crippen molar-refractivity contribution >= 4 is 6.09 Å². The number of ether oxygens (including phenoxy) is 2. The van der Waals surface area contributed by atoms with Crippen LogP contribution in [0.1, 0.15) is 34.1 Å². The molecule has 2 fully saturated rings. The first-order chi connectivity index (χ1) is 11.9. The van der Waals surface area contributed by atoms with E-state index in [2.05, 4.69) is 10.6 Å². The van der Waals surface area contributed by atoms with Crippen molar-refractivity contribution in [3.63, 3.8) is 0 Å². The van der Waals surface area contributed by atoms with Gasteiger partial charge in [-0.2, -0.15) is 13.2 Å². The molecule has 1 saturated heterocycles. The number of hydrogen-bond donors (Lipinski definition) is 2. The maximum Gasteiger partial charge on any atom is 0.407 e. The maximum atomic E-state index is 12.8. The molecule has 0 aromatic heterocycles. The van der Waals surface area contributed by atoms with Crippen LogP contribution in [0.15, 0.2) is 30.3 Å². The number of rotatable bonds is 3. The van der Waals surface area contributed by atoms with Gasteiger partial charge >= 0.3 is 12.3 Å². The minimum Gasteiger partial charge on any atom is -0.445 e. The maximum absolute atomic E-state index is 12.8. The molecule has 0 radical (unpaired) electrons. The molecule has 1 heterocycles. The number of carbonyl (C=O) groups is 1. The first kappa shape index (κ1) is 18.0. The Morgan fingerprint density at radius 2 is 2.00 bits per heavy atom. The van der Waals surface area contributed by atoms with Crippen molar-refractivity contribution in [2.45, 2.75) is 56.3 Å². The van der Waals surface area contributed by atoms with E-state index in [-0.39, 0.29) is 22.1 Å². The van der Waals surface area contributed by atoms with Crippen molar-refractivity contribution in [3.05, 3.63) is 35.9 Å². The highest BCUT2D eigenvalue weighted by Crippen LogP contribution is 2.37. The van der Waals surface area contributed by atoms with Gasteiger partial charge in [-0.15, -0.1) is 0 Å². The van der Waals surface area contributed by atoms with Gasteiger partial charge in [0.2, 0.25) is 0 Å². The average molecular weight is 362 g/mol. The number of amides is 1. The first-order valence-corrected chi connectivity index (χ1v) is 8.32. The molecule has 1 aliphatic carbocycles. The molecule has 1 spiro atoms. The fourth-order valence-electron chi connectivity index (χ4n) is 3.27. The molecule has 1 aromatic rings. The summed E-state index contributed by atoms with van der Waals surface area (Å²) < 4.78 is 48.8. The highest BCUT2D eigenvalue weighted by molar-refractivity contribution is 5.67. The molecular formula is C17H25F3N2O3.